The molecule has 0 atom stereocenters. The van der Waals surface area contributed by atoms with Gasteiger partial charge in [-0.2, -0.15) is 0 Å². The number of nitrogens with one attached hydrogen (secondary N) is 1. The summed E-state index contributed by atoms with van der Waals surface area (Å²) in [7, 11) is 0. The highest BCUT2D eigenvalue weighted by atomic mass is 16.2. The molecule has 6 heteroatoms. The minimum absolute atomic E-state index is 0.111. The molecule has 1 aromatic heterocycles. The molecule has 194 valence electrons. The second-order valence-electron chi connectivity index (χ2n) is 10.4. The van der Waals surface area contributed by atoms with Gasteiger partial charge in [-0.05, 0) is 55.5 Å². The van der Waals surface area contributed by atoms with Crippen LogP contribution in [0.2, 0.25) is 0 Å². The Balaban J connectivity index is 1.24. The van der Waals surface area contributed by atoms with Gasteiger partial charge in [0.05, 0.1) is 17.7 Å². The highest BCUT2D eigenvalue weighted by molar-refractivity contribution is 5.95. The summed E-state index contributed by atoms with van der Waals surface area (Å²) in [6, 6.07) is 20.6. The molecule has 1 aliphatic rings. The number of carbonyl (C=O) groups is 2. The number of rotatable bonds is 6. The fourth-order valence-corrected chi connectivity index (χ4v) is 5.55. The van der Waals surface area contributed by atoms with Gasteiger partial charge in [0, 0.05) is 31.7 Å². The fraction of sp³-hybridized carbons (Fsp3) is 0.312. The summed E-state index contributed by atoms with van der Waals surface area (Å²) in [4.78, 5) is 37.3. The van der Waals surface area contributed by atoms with E-state index < -0.39 is 0 Å². The zero-order valence-electron chi connectivity index (χ0n) is 22.3. The van der Waals surface area contributed by atoms with E-state index in [0.29, 0.717) is 37.4 Å². The number of fused-ring (bicyclic) bond motifs is 1. The van der Waals surface area contributed by atoms with Gasteiger partial charge in [0.1, 0.15) is 5.82 Å². The molecular formula is C32H34N4O2. The first-order chi connectivity index (χ1) is 18.4. The van der Waals surface area contributed by atoms with Gasteiger partial charge < -0.3 is 10.2 Å². The van der Waals surface area contributed by atoms with Gasteiger partial charge >= 0.3 is 0 Å². The first kappa shape index (κ1) is 25.6. The maximum Gasteiger partial charge on any atom is 0.254 e. The van der Waals surface area contributed by atoms with Crippen LogP contribution in [-0.4, -0.2) is 39.8 Å². The standard InChI is InChI=1S/C32H34N4O2/c1-21-15-22(2)17-24(16-21)19-34-32(38)29-20-33-23(3)35-31(29)26-11-13-36(14-12-26)30(37)18-27-9-6-8-25-7-4-5-10-28(25)27/h4-10,15-17,20,26H,11-14,18-19H2,1-3H3,(H,34,38). The van der Waals surface area contributed by atoms with E-state index in [-0.39, 0.29) is 17.7 Å². The number of nitrogens with zero attached hydrogens (tertiary/aromatic N) is 3. The van der Waals surface area contributed by atoms with Crippen molar-refractivity contribution in [1.29, 1.82) is 0 Å². The molecule has 5 rings (SSSR count). The van der Waals surface area contributed by atoms with Crippen molar-refractivity contribution in [3.63, 3.8) is 0 Å². The van der Waals surface area contributed by atoms with Crippen LogP contribution in [0.5, 0.6) is 0 Å². The Morgan fingerprint density at radius 2 is 1.66 bits per heavy atom. The number of piperidine rings is 1. The molecule has 4 aromatic rings. The van der Waals surface area contributed by atoms with E-state index in [1.807, 2.05) is 36.1 Å². The van der Waals surface area contributed by atoms with Gasteiger partial charge in [-0.1, -0.05) is 71.8 Å². The molecular weight excluding hydrogens is 472 g/mol. The van der Waals surface area contributed by atoms with Gasteiger partial charge in [0.15, 0.2) is 0 Å². The number of hydrogen-bond donors (Lipinski definition) is 1. The number of carbonyl (C=O) groups excluding carboxylic acids is 2. The predicted octanol–water partition coefficient (Wildman–Crippen LogP) is 5.43. The van der Waals surface area contributed by atoms with E-state index in [0.717, 1.165) is 40.4 Å². The molecule has 0 aliphatic carbocycles. The summed E-state index contributed by atoms with van der Waals surface area (Å²) in [6.45, 7) is 7.73. The number of likely N-dealkylation sites (tertiary alicyclic amines) is 1. The number of aryl methyl sites for hydroxylation is 3. The van der Waals surface area contributed by atoms with Gasteiger partial charge in [-0.15, -0.1) is 0 Å². The van der Waals surface area contributed by atoms with Crippen LogP contribution < -0.4 is 5.32 Å². The second-order valence-corrected chi connectivity index (χ2v) is 10.4. The highest BCUT2D eigenvalue weighted by Gasteiger charge is 2.28. The van der Waals surface area contributed by atoms with E-state index >= 15 is 0 Å². The molecule has 3 aromatic carbocycles. The first-order valence-corrected chi connectivity index (χ1v) is 13.3. The number of amides is 2. The quantitative estimate of drug-likeness (QED) is 0.378. The average molecular weight is 507 g/mol. The maximum absolute atomic E-state index is 13.2. The molecule has 0 unspecified atom stereocenters. The van der Waals surface area contributed by atoms with Crippen LogP contribution >= 0.6 is 0 Å². The van der Waals surface area contributed by atoms with E-state index in [1.165, 1.54) is 11.1 Å². The third-order valence-electron chi connectivity index (χ3n) is 7.37. The Kier molecular flexibility index (Phi) is 7.50. The molecule has 2 amide bonds. The largest absolute Gasteiger partial charge is 0.348 e. The lowest BCUT2D eigenvalue weighted by molar-refractivity contribution is -0.131. The van der Waals surface area contributed by atoms with Gasteiger partial charge in [0.25, 0.3) is 5.91 Å². The number of hydrogen-bond acceptors (Lipinski definition) is 4. The molecule has 1 fully saturated rings. The summed E-state index contributed by atoms with van der Waals surface area (Å²) in [6.07, 6.45) is 3.58. The predicted molar refractivity (Wildman–Crippen MR) is 150 cm³/mol. The summed E-state index contributed by atoms with van der Waals surface area (Å²) in [5.74, 6) is 0.749. The molecule has 1 saturated heterocycles. The third kappa shape index (κ3) is 5.75. The Hall–Kier alpha value is -4.06. The summed E-state index contributed by atoms with van der Waals surface area (Å²) < 4.78 is 0. The summed E-state index contributed by atoms with van der Waals surface area (Å²) >= 11 is 0. The van der Waals surface area contributed by atoms with E-state index in [9.17, 15) is 9.59 Å². The van der Waals surface area contributed by atoms with E-state index in [2.05, 4.69) is 60.5 Å². The molecule has 38 heavy (non-hydrogen) atoms. The Morgan fingerprint density at radius 3 is 2.42 bits per heavy atom. The zero-order chi connectivity index (χ0) is 26.6. The Morgan fingerprint density at radius 1 is 0.947 bits per heavy atom. The zero-order valence-corrected chi connectivity index (χ0v) is 22.3. The summed E-state index contributed by atoms with van der Waals surface area (Å²) in [5, 5.41) is 5.34. The topological polar surface area (TPSA) is 75.2 Å². The average Bonchev–Trinajstić information content (AvgIpc) is 2.91. The lowest BCUT2D eigenvalue weighted by atomic mass is 9.90. The first-order valence-electron chi connectivity index (χ1n) is 13.3. The van der Waals surface area contributed by atoms with Crippen LogP contribution in [0.15, 0.2) is 66.9 Å². The Bertz CT molecular complexity index is 1460. The van der Waals surface area contributed by atoms with Crippen molar-refractivity contribution in [3.8, 4) is 0 Å². The van der Waals surface area contributed by atoms with E-state index in [4.69, 9.17) is 4.98 Å². The molecule has 0 radical (unpaired) electrons. The molecule has 6 nitrogen and oxygen atoms in total. The molecule has 0 saturated carbocycles. The molecule has 2 heterocycles. The van der Waals surface area contributed by atoms with E-state index in [1.54, 1.807) is 6.20 Å². The van der Waals surface area contributed by atoms with Crippen LogP contribution in [0.1, 0.15) is 62.9 Å². The van der Waals surface area contributed by atoms with Crippen LogP contribution in [0.3, 0.4) is 0 Å². The minimum Gasteiger partial charge on any atom is -0.348 e. The van der Waals surface area contributed by atoms with Crippen molar-refractivity contribution in [2.75, 3.05) is 13.1 Å². The second kappa shape index (κ2) is 11.1. The fourth-order valence-electron chi connectivity index (χ4n) is 5.55. The SMILES string of the molecule is Cc1cc(C)cc(CNC(=O)c2cnc(C)nc2C2CCN(C(=O)Cc3cccc4ccccc34)CC2)c1. The molecule has 0 spiro atoms. The van der Waals surface area contributed by atoms with Gasteiger partial charge in [-0.25, -0.2) is 9.97 Å². The smallest absolute Gasteiger partial charge is 0.254 e. The van der Waals surface area contributed by atoms with Crippen molar-refractivity contribution in [1.82, 2.24) is 20.2 Å². The minimum atomic E-state index is -0.159. The van der Waals surface area contributed by atoms with Crippen molar-refractivity contribution in [2.45, 2.75) is 52.5 Å². The van der Waals surface area contributed by atoms with Crippen molar-refractivity contribution in [3.05, 3.63) is 106 Å². The normalized spacial score (nSPS) is 14.0. The Labute approximate surface area is 224 Å². The van der Waals surface area contributed by atoms with Gasteiger partial charge in [0.2, 0.25) is 5.91 Å². The monoisotopic (exact) mass is 506 g/mol. The number of aromatic nitrogens is 2. The van der Waals surface area contributed by atoms with Crippen LogP contribution in [0.4, 0.5) is 0 Å². The lowest BCUT2D eigenvalue weighted by Crippen LogP contribution is -2.39. The van der Waals surface area contributed by atoms with Crippen molar-refractivity contribution < 1.29 is 9.59 Å². The third-order valence-corrected chi connectivity index (χ3v) is 7.37. The van der Waals surface area contributed by atoms with Crippen molar-refractivity contribution in [2.24, 2.45) is 0 Å². The van der Waals surface area contributed by atoms with Crippen LogP contribution in [-0.2, 0) is 17.8 Å². The molecule has 1 N–H and O–H groups in total. The lowest BCUT2D eigenvalue weighted by Gasteiger charge is -2.32. The van der Waals surface area contributed by atoms with Crippen LogP contribution in [0, 0.1) is 20.8 Å². The van der Waals surface area contributed by atoms with Crippen LogP contribution in [0.25, 0.3) is 10.8 Å². The molecule has 1 aliphatic heterocycles. The maximum atomic E-state index is 13.2. The highest BCUT2D eigenvalue weighted by Crippen LogP contribution is 2.30. The van der Waals surface area contributed by atoms with Crippen molar-refractivity contribution >= 4 is 22.6 Å². The summed E-state index contributed by atoms with van der Waals surface area (Å²) in [5.41, 5.74) is 5.80. The number of benzene rings is 3. The molecule has 0 bridgehead atoms. The van der Waals surface area contributed by atoms with Gasteiger partial charge in [-0.3, -0.25) is 9.59 Å².